The average molecular weight is 240 g/mol. The van der Waals surface area contributed by atoms with Crippen molar-refractivity contribution in [1.82, 2.24) is 0 Å². The molecule has 0 fully saturated rings. The summed E-state index contributed by atoms with van der Waals surface area (Å²) in [6.07, 6.45) is 0. The van der Waals surface area contributed by atoms with Crippen LogP contribution in [0.1, 0.15) is 0 Å². The number of hydrogen-bond acceptors (Lipinski definition) is 3. The minimum absolute atomic E-state index is 0.466. The first kappa shape index (κ1) is 11.3. The molecule has 0 spiro atoms. The molecular formula is C4H2Cl4O3. The van der Waals surface area contributed by atoms with E-state index in [1.807, 2.05) is 0 Å². The summed E-state index contributed by atoms with van der Waals surface area (Å²) in [4.78, 5) is 20.9. The number of alkyl halides is 4. The van der Waals surface area contributed by atoms with Crippen molar-refractivity contribution in [2.45, 2.75) is 3.79 Å². The molecule has 0 N–H and O–H groups in total. The predicted octanol–water partition coefficient (Wildman–Crippen LogP) is 1.67. The van der Waals surface area contributed by atoms with Crippen molar-refractivity contribution in [1.29, 1.82) is 0 Å². The lowest BCUT2D eigenvalue weighted by molar-refractivity contribution is -0.157. The number of hydrogen-bond donors (Lipinski definition) is 0. The number of esters is 2. The maximum absolute atomic E-state index is 10.5. The zero-order valence-electron chi connectivity index (χ0n) is 4.94. The third-order valence-corrected chi connectivity index (χ3v) is 1.23. The second-order valence-electron chi connectivity index (χ2n) is 1.39. The summed E-state index contributed by atoms with van der Waals surface area (Å²) >= 11 is 20.1. The van der Waals surface area contributed by atoms with Crippen LogP contribution in [0.15, 0.2) is 0 Å². The molecule has 0 rings (SSSR count). The highest BCUT2D eigenvalue weighted by molar-refractivity contribution is 6.75. The lowest BCUT2D eigenvalue weighted by Crippen LogP contribution is -2.25. The van der Waals surface area contributed by atoms with Crippen LogP contribution >= 0.6 is 46.4 Å². The van der Waals surface area contributed by atoms with Gasteiger partial charge in [-0.15, -0.1) is 11.6 Å². The summed E-state index contributed by atoms with van der Waals surface area (Å²) in [6.45, 7) is 0. The Balaban J connectivity index is 3.99. The third kappa shape index (κ3) is 4.69. The largest absolute Gasteiger partial charge is 0.389 e. The van der Waals surface area contributed by atoms with E-state index in [0.29, 0.717) is 0 Å². The van der Waals surface area contributed by atoms with Crippen LogP contribution in [0.25, 0.3) is 0 Å². The van der Waals surface area contributed by atoms with Crippen molar-refractivity contribution >= 4 is 58.3 Å². The van der Waals surface area contributed by atoms with E-state index < -0.39 is 21.6 Å². The van der Waals surface area contributed by atoms with Gasteiger partial charge < -0.3 is 4.74 Å². The van der Waals surface area contributed by atoms with Gasteiger partial charge in [0.05, 0.1) is 0 Å². The quantitative estimate of drug-likeness (QED) is 0.397. The lowest BCUT2D eigenvalue weighted by atomic mass is 10.7. The van der Waals surface area contributed by atoms with Crippen LogP contribution in [0, 0.1) is 0 Å². The van der Waals surface area contributed by atoms with Gasteiger partial charge in [0.25, 0.3) is 3.79 Å². The number of ether oxygens (including phenoxy) is 1. The third-order valence-electron chi connectivity index (χ3n) is 0.547. The van der Waals surface area contributed by atoms with E-state index in [1.54, 1.807) is 0 Å². The standard InChI is InChI=1S/C4H2Cl4O3/c5-1-2(9)11-3(10)4(6,7)8/h1H2. The number of carbonyl (C=O) groups excluding carboxylic acids is 2. The Morgan fingerprint density at radius 1 is 1.27 bits per heavy atom. The van der Waals surface area contributed by atoms with Crippen molar-refractivity contribution in [3.8, 4) is 0 Å². The fourth-order valence-electron chi connectivity index (χ4n) is 0.189. The van der Waals surface area contributed by atoms with E-state index in [1.165, 1.54) is 0 Å². The van der Waals surface area contributed by atoms with Gasteiger partial charge in [-0.2, -0.15) is 0 Å². The summed E-state index contributed by atoms with van der Waals surface area (Å²) in [6, 6.07) is 0. The van der Waals surface area contributed by atoms with Crippen molar-refractivity contribution in [3.05, 3.63) is 0 Å². The van der Waals surface area contributed by atoms with Crippen LogP contribution in [-0.2, 0) is 14.3 Å². The maximum Gasteiger partial charge on any atom is 0.366 e. The molecule has 0 aliphatic carbocycles. The SMILES string of the molecule is O=C(CCl)OC(=O)C(Cl)(Cl)Cl. The summed E-state index contributed by atoms with van der Waals surface area (Å²) < 4.78 is 1.72. The van der Waals surface area contributed by atoms with Gasteiger partial charge in [0.2, 0.25) is 0 Å². The maximum atomic E-state index is 10.5. The molecule has 0 radical (unpaired) electrons. The molecule has 0 bridgehead atoms. The van der Waals surface area contributed by atoms with Gasteiger partial charge in [-0.1, -0.05) is 34.8 Å². The van der Waals surface area contributed by atoms with Gasteiger partial charge >= 0.3 is 11.9 Å². The zero-order valence-corrected chi connectivity index (χ0v) is 7.97. The second-order valence-corrected chi connectivity index (χ2v) is 3.94. The van der Waals surface area contributed by atoms with E-state index in [9.17, 15) is 9.59 Å². The van der Waals surface area contributed by atoms with E-state index in [4.69, 9.17) is 46.4 Å². The Bertz CT molecular complexity index is 173. The van der Waals surface area contributed by atoms with Crippen molar-refractivity contribution in [2.24, 2.45) is 0 Å². The first-order chi connectivity index (χ1) is 4.88. The monoisotopic (exact) mass is 238 g/mol. The Morgan fingerprint density at radius 3 is 2.00 bits per heavy atom. The number of carbonyl (C=O) groups is 2. The van der Waals surface area contributed by atoms with E-state index in [2.05, 4.69) is 4.74 Å². The van der Waals surface area contributed by atoms with Crippen LogP contribution < -0.4 is 0 Å². The highest BCUT2D eigenvalue weighted by Crippen LogP contribution is 2.27. The molecule has 3 nitrogen and oxygen atoms in total. The number of halogens is 4. The van der Waals surface area contributed by atoms with Gasteiger partial charge in [0, 0.05) is 0 Å². The van der Waals surface area contributed by atoms with Crippen molar-refractivity contribution < 1.29 is 14.3 Å². The molecule has 0 atom stereocenters. The average Bonchev–Trinajstić information content (AvgIpc) is 1.85. The molecule has 0 aliphatic rings. The first-order valence-electron chi connectivity index (χ1n) is 2.25. The van der Waals surface area contributed by atoms with Gasteiger partial charge in [-0.05, 0) is 0 Å². The van der Waals surface area contributed by atoms with Crippen molar-refractivity contribution in [2.75, 3.05) is 5.88 Å². The summed E-state index contributed by atoms with van der Waals surface area (Å²) in [5.74, 6) is -2.68. The van der Waals surface area contributed by atoms with Crippen LogP contribution in [0.5, 0.6) is 0 Å². The molecule has 0 saturated heterocycles. The predicted molar refractivity (Wildman–Crippen MR) is 42.1 cm³/mol. The second kappa shape index (κ2) is 4.36. The molecule has 0 heterocycles. The molecule has 0 aromatic heterocycles. The molecule has 0 amide bonds. The Hall–Kier alpha value is 0.300. The topological polar surface area (TPSA) is 43.4 Å². The lowest BCUT2D eigenvalue weighted by Gasteiger charge is -2.06. The van der Waals surface area contributed by atoms with Crippen LogP contribution in [-0.4, -0.2) is 21.6 Å². The van der Waals surface area contributed by atoms with Crippen LogP contribution in [0.4, 0.5) is 0 Å². The number of rotatable bonds is 1. The Labute approximate surface area is 82.5 Å². The van der Waals surface area contributed by atoms with Gasteiger partial charge in [-0.25, -0.2) is 4.79 Å². The van der Waals surface area contributed by atoms with Crippen molar-refractivity contribution in [3.63, 3.8) is 0 Å². The normalized spacial score (nSPS) is 10.9. The molecule has 0 aromatic rings. The molecule has 0 aliphatic heterocycles. The molecule has 64 valence electrons. The molecule has 0 aromatic carbocycles. The Kier molecular flexibility index (Phi) is 4.48. The minimum atomic E-state index is -2.23. The van der Waals surface area contributed by atoms with Crippen LogP contribution in [0.2, 0.25) is 0 Å². The fraction of sp³-hybridized carbons (Fsp3) is 0.500. The summed E-state index contributed by atoms with van der Waals surface area (Å²) in [7, 11) is 0. The smallest absolute Gasteiger partial charge is 0.366 e. The molecule has 0 unspecified atom stereocenters. The van der Waals surface area contributed by atoms with Crippen LogP contribution in [0.3, 0.4) is 0 Å². The molecule has 0 saturated carbocycles. The fourth-order valence-corrected chi connectivity index (χ4v) is 0.359. The first-order valence-corrected chi connectivity index (χ1v) is 3.92. The summed E-state index contributed by atoms with van der Waals surface area (Å²) in [5, 5.41) is 0. The van der Waals surface area contributed by atoms with Gasteiger partial charge in [0.1, 0.15) is 5.88 Å². The highest BCUT2D eigenvalue weighted by Gasteiger charge is 2.34. The molecular weight excluding hydrogens is 238 g/mol. The van der Waals surface area contributed by atoms with E-state index in [-0.39, 0.29) is 0 Å². The van der Waals surface area contributed by atoms with E-state index in [0.717, 1.165) is 0 Å². The molecule has 11 heavy (non-hydrogen) atoms. The summed E-state index contributed by atoms with van der Waals surface area (Å²) in [5.41, 5.74) is 0. The minimum Gasteiger partial charge on any atom is -0.389 e. The van der Waals surface area contributed by atoms with E-state index >= 15 is 0 Å². The Morgan fingerprint density at radius 2 is 1.73 bits per heavy atom. The van der Waals surface area contributed by atoms with Gasteiger partial charge in [0.15, 0.2) is 0 Å². The molecule has 7 heteroatoms. The van der Waals surface area contributed by atoms with Gasteiger partial charge in [-0.3, -0.25) is 4.79 Å². The highest BCUT2D eigenvalue weighted by atomic mass is 35.6. The zero-order chi connectivity index (χ0) is 9.07.